The third kappa shape index (κ3) is 3.64. The highest BCUT2D eigenvalue weighted by Crippen LogP contribution is 2.34. The predicted octanol–water partition coefficient (Wildman–Crippen LogP) is 4.65. The number of benzene rings is 2. The van der Waals surface area contributed by atoms with E-state index in [1.54, 1.807) is 36.4 Å². The molecule has 22 heavy (non-hydrogen) atoms. The monoisotopic (exact) mass is 339 g/mol. The topological polar surface area (TPSA) is 47.6 Å². The average Bonchev–Trinajstić information content (AvgIpc) is 2.51. The number of carbonyl (C=O) groups excluding carboxylic acids is 1. The molecule has 0 saturated carbocycles. The summed E-state index contributed by atoms with van der Waals surface area (Å²) in [5.74, 6) is 0.588. The zero-order chi connectivity index (χ0) is 16.1. The van der Waals surface area contributed by atoms with Gasteiger partial charge in [-0.3, -0.25) is 4.79 Å². The second-order valence-corrected chi connectivity index (χ2v) is 5.16. The van der Waals surface area contributed by atoms with E-state index in [4.69, 9.17) is 32.7 Å². The Hall–Kier alpha value is -1.91. The van der Waals surface area contributed by atoms with Gasteiger partial charge in [-0.25, -0.2) is 0 Å². The SMILES string of the molecule is CCOc1ccc(NC(=O)c2c(Cl)ccc(Cl)c2OC)cc1. The van der Waals surface area contributed by atoms with Gasteiger partial charge < -0.3 is 14.8 Å². The highest BCUT2D eigenvalue weighted by Gasteiger charge is 2.19. The number of ether oxygens (including phenoxy) is 2. The second-order valence-electron chi connectivity index (χ2n) is 4.35. The summed E-state index contributed by atoms with van der Waals surface area (Å²) < 4.78 is 10.5. The molecule has 0 unspecified atom stereocenters. The highest BCUT2D eigenvalue weighted by atomic mass is 35.5. The minimum Gasteiger partial charge on any atom is -0.494 e. The van der Waals surface area contributed by atoms with Crippen LogP contribution < -0.4 is 14.8 Å². The maximum atomic E-state index is 12.4. The first-order chi connectivity index (χ1) is 10.6. The number of hydrogen-bond donors (Lipinski definition) is 1. The van der Waals surface area contributed by atoms with Crippen LogP contribution in [0.15, 0.2) is 36.4 Å². The van der Waals surface area contributed by atoms with E-state index in [0.717, 1.165) is 5.75 Å². The zero-order valence-corrected chi connectivity index (χ0v) is 13.7. The average molecular weight is 340 g/mol. The van der Waals surface area contributed by atoms with Gasteiger partial charge in [0, 0.05) is 5.69 Å². The summed E-state index contributed by atoms with van der Waals surface area (Å²) in [6.45, 7) is 2.49. The molecule has 0 aliphatic rings. The maximum Gasteiger partial charge on any atom is 0.261 e. The maximum absolute atomic E-state index is 12.4. The molecule has 0 aliphatic carbocycles. The van der Waals surface area contributed by atoms with Gasteiger partial charge in [-0.2, -0.15) is 0 Å². The summed E-state index contributed by atoms with van der Waals surface area (Å²) in [5, 5.41) is 3.34. The fourth-order valence-corrected chi connectivity index (χ4v) is 2.41. The lowest BCUT2D eigenvalue weighted by atomic mass is 10.1. The molecule has 0 aliphatic heterocycles. The zero-order valence-electron chi connectivity index (χ0n) is 12.2. The molecule has 0 heterocycles. The summed E-state index contributed by atoms with van der Waals surface area (Å²) >= 11 is 12.1. The van der Waals surface area contributed by atoms with Crippen molar-refractivity contribution in [2.45, 2.75) is 6.92 Å². The van der Waals surface area contributed by atoms with Gasteiger partial charge in [0.05, 0.1) is 23.8 Å². The lowest BCUT2D eigenvalue weighted by molar-refractivity contribution is 0.102. The molecule has 2 aromatic carbocycles. The third-order valence-corrected chi connectivity index (χ3v) is 3.53. The Morgan fingerprint density at radius 2 is 1.73 bits per heavy atom. The number of anilines is 1. The quantitative estimate of drug-likeness (QED) is 0.862. The first kappa shape index (κ1) is 16.5. The van der Waals surface area contributed by atoms with E-state index in [1.807, 2.05) is 6.92 Å². The largest absolute Gasteiger partial charge is 0.494 e. The van der Waals surface area contributed by atoms with E-state index in [0.29, 0.717) is 17.3 Å². The molecule has 0 saturated heterocycles. The molecule has 2 rings (SSSR count). The van der Waals surface area contributed by atoms with E-state index < -0.39 is 5.91 Å². The summed E-state index contributed by atoms with van der Waals surface area (Å²) in [7, 11) is 1.44. The molecule has 6 heteroatoms. The summed E-state index contributed by atoms with van der Waals surface area (Å²) in [5.41, 5.74) is 0.817. The van der Waals surface area contributed by atoms with E-state index in [-0.39, 0.29) is 16.3 Å². The number of carbonyl (C=O) groups is 1. The van der Waals surface area contributed by atoms with E-state index >= 15 is 0 Å². The fraction of sp³-hybridized carbons (Fsp3) is 0.188. The third-order valence-electron chi connectivity index (χ3n) is 2.91. The Bertz CT molecular complexity index is 672. The van der Waals surface area contributed by atoms with E-state index in [1.165, 1.54) is 7.11 Å². The molecule has 0 radical (unpaired) electrons. The Balaban J connectivity index is 2.24. The Morgan fingerprint density at radius 3 is 2.32 bits per heavy atom. The lowest BCUT2D eigenvalue weighted by Gasteiger charge is -2.12. The van der Waals surface area contributed by atoms with Crippen LogP contribution in [0.5, 0.6) is 11.5 Å². The molecule has 1 amide bonds. The lowest BCUT2D eigenvalue weighted by Crippen LogP contribution is -2.14. The molecule has 116 valence electrons. The smallest absolute Gasteiger partial charge is 0.261 e. The molecular formula is C16H15Cl2NO3. The number of nitrogens with one attached hydrogen (secondary N) is 1. The molecule has 0 atom stereocenters. The predicted molar refractivity (Wildman–Crippen MR) is 88.6 cm³/mol. The fourth-order valence-electron chi connectivity index (χ4n) is 1.94. The molecule has 0 aromatic heterocycles. The van der Waals surface area contributed by atoms with Crippen LogP contribution >= 0.6 is 23.2 Å². The standard InChI is InChI=1S/C16H15Cl2NO3/c1-3-22-11-6-4-10(5-7-11)19-16(20)14-12(17)8-9-13(18)15(14)21-2/h4-9H,3H2,1-2H3,(H,19,20). The number of amides is 1. The van der Waals surface area contributed by atoms with Crippen molar-refractivity contribution in [2.75, 3.05) is 19.0 Å². The Labute approximate surface area is 138 Å². The van der Waals surface area contributed by atoms with Crippen molar-refractivity contribution >= 4 is 34.8 Å². The van der Waals surface area contributed by atoms with Crippen molar-refractivity contribution in [1.29, 1.82) is 0 Å². The summed E-state index contributed by atoms with van der Waals surface area (Å²) in [6.07, 6.45) is 0. The van der Waals surface area contributed by atoms with E-state index in [9.17, 15) is 4.79 Å². The van der Waals surface area contributed by atoms with Gasteiger partial charge in [0.1, 0.15) is 11.3 Å². The first-order valence-corrected chi connectivity index (χ1v) is 7.38. The van der Waals surface area contributed by atoms with Crippen LogP contribution in [0.3, 0.4) is 0 Å². The van der Waals surface area contributed by atoms with Crippen LogP contribution in [-0.4, -0.2) is 19.6 Å². The van der Waals surface area contributed by atoms with Crippen molar-refractivity contribution in [3.8, 4) is 11.5 Å². The molecule has 0 fully saturated rings. The molecular weight excluding hydrogens is 325 g/mol. The van der Waals surface area contributed by atoms with Crippen molar-refractivity contribution in [2.24, 2.45) is 0 Å². The van der Waals surface area contributed by atoms with Gasteiger partial charge in [-0.1, -0.05) is 23.2 Å². The Morgan fingerprint density at radius 1 is 1.09 bits per heavy atom. The van der Waals surface area contributed by atoms with Crippen molar-refractivity contribution in [1.82, 2.24) is 0 Å². The van der Waals surface area contributed by atoms with Gasteiger partial charge in [0.25, 0.3) is 5.91 Å². The number of methoxy groups -OCH3 is 1. The Kier molecular flexibility index (Phi) is 5.52. The van der Waals surface area contributed by atoms with Gasteiger partial charge in [0.15, 0.2) is 5.75 Å². The number of rotatable bonds is 5. The van der Waals surface area contributed by atoms with Crippen LogP contribution in [0, 0.1) is 0 Å². The van der Waals surface area contributed by atoms with Crippen molar-refractivity contribution in [3.05, 3.63) is 52.0 Å². The molecule has 0 bridgehead atoms. The van der Waals surface area contributed by atoms with Gasteiger partial charge >= 0.3 is 0 Å². The van der Waals surface area contributed by atoms with Crippen molar-refractivity contribution < 1.29 is 14.3 Å². The van der Waals surface area contributed by atoms with Crippen LogP contribution in [0.4, 0.5) is 5.69 Å². The van der Waals surface area contributed by atoms with Crippen LogP contribution in [0.2, 0.25) is 10.0 Å². The molecule has 2 aromatic rings. The first-order valence-electron chi connectivity index (χ1n) is 6.63. The van der Waals surface area contributed by atoms with Gasteiger partial charge in [-0.15, -0.1) is 0 Å². The molecule has 0 spiro atoms. The summed E-state index contributed by atoms with van der Waals surface area (Å²) in [6, 6.07) is 10.2. The van der Waals surface area contributed by atoms with Crippen molar-refractivity contribution in [3.63, 3.8) is 0 Å². The van der Waals surface area contributed by atoms with Crippen LogP contribution in [0.1, 0.15) is 17.3 Å². The number of halogens is 2. The minimum absolute atomic E-state index is 0.200. The number of hydrogen-bond acceptors (Lipinski definition) is 3. The van der Waals surface area contributed by atoms with Crippen LogP contribution in [-0.2, 0) is 0 Å². The summed E-state index contributed by atoms with van der Waals surface area (Å²) in [4.78, 5) is 12.4. The second kappa shape index (κ2) is 7.38. The molecule has 4 nitrogen and oxygen atoms in total. The van der Waals surface area contributed by atoms with Gasteiger partial charge in [-0.05, 0) is 43.3 Å². The molecule has 1 N–H and O–H groups in total. The highest BCUT2D eigenvalue weighted by molar-refractivity contribution is 6.37. The normalized spacial score (nSPS) is 10.2. The van der Waals surface area contributed by atoms with E-state index in [2.05, 4.69) is 5.32 Å². The van der Waals surface area contributed by atoms with Gasteiger partial charge in [0.2, 0.25) is 0 Å². The van der Waals surface area contributed by atoms with Crippen LogP contribution in [0.25, 0.3) is 0 Å². The minimum atomic E-state index is -0.395.